The molecule has 1 aliphatic carbocycles. The molecule has 5 heteroatoms. The van der Waals surface area contributed by atoms with E-state index >= 15 is 0 Å². The Balaban J connectivity index is 2.64. The van der Waals surface area contributed by atoms with Crippen LogP contribution in [0.2, 0.25) is 10.0 Å². The van der Waals surface area contributed by atoms with Gasteiger partial charge >= 0.3 is 0 Å². The van der Waals surface area contributed by atoms with Crippen molar-refractivity contribution in [2.75, 3.05) is 0 Å². The van der Waals surface area contributed by atoms with E-state index in [0.29, 0.717) is 15.7 Å². The zero-order valence-electron chi connectivity index (χ0n) is 9.54. The Hall–Kier alpha value is -1.58. The van der Waals surface area contributed by atoms with Crippen LogP contribution >= 0.6 is 23.2 Å². The summed E-state index contributed by atoms with van der Waals surface area (Å²) < 4.78 is 1.94. The molecule has 18 heavy (non-hydrogen) atoms. The van der Waals surface area contributed by atoms with Gasteiger partial charge in [0, 0.05) is 7.05 Å². The molecule has 1 aromatic rings. The molecule has 0 spiro atoms. The largest absolute Gasteiger partial charge is 0.340 e. The minimum atomic E-state index is 0.206. The molecule has 0 saturated heterocycles. The molecule has 0 bridgehead atoms. The molecule has 0 unspecified atom stereocenters. The SMILES string of the molecule is Cn1c2c(Cl)cc(Cl)c(=N)c-2nc2ccccc21. The van der Waals surface area contributed by atoms with Crippen molar-refractivity contribution in [2.45, 2.75) is 0 Å². The van der Waals surface area contributed by atoms with Crippen LogP contribution in [0.5, 0.6) is 0 Å². The van der Waals surface area contributed by atoms with E-state index in [-0.39, 0.29) is 5.36 Å². The Bertz CT molecular complexity index is 792. The Morgan fingerprint density at radius 1 is 1.17 bits per heavy atom. The first-order chi connectivity index (χ1) is 8.59. The van der Waals surface area contributed by atoms with Crippen molar-refractivity contribution < 1.29 is 0 Å². The van der Waals surface area contributed by atoms with Gasteiger partial charge in [0.05, 0.1) is 26.8 Å². The molecule has 90 valence electrons. The lowest BCUT2D eigenvalue weighted by Crippen LogP contribution is -2.14. The maximum Gasteiger partial charge on any atom is 0.115 e. The van der Waals surface area contributed by atoms with E-state index < -0.39 is 0 Å². The maximum absolute atomic E-state index is 7.99. The molecule has 0 amide bonds. The number of nitrogens with one attached hydrogen (secondary N) is 1. The first-order valence-corrected chi connectivity index (χ1v) is 6.13. The number of aromatic nitrogens is 2. The second-order valence-electron chi connectivity index (χ2n) is 4.07. The van der Waals surface area contributed by atoms with Crippen LogP contribution < -0.4 is 5.36 Å². The zero-order valence-corrected chi connectivity index (χ0v) is 11.0. The monoisotopic (exact) mass is 277 g/mol. The van der Waals surface area contributed by atoms with Crippen LogP contribution in [0.15, 0.2) is 30.3 Å². The molecule has 0 radical (unpaired) electrons. The van der Waals surface area contributed by atoms with Gasteiger partial charge in [-0.15, -0.1) is 0 Å². The van der Waals surface area contributed by atoms with Crippen molar-refractivity contribution in [3.63, 3.8) is 0 Å². The molecular formula is C13H9Cl2N3. The Morgan fingerprint density at radius 3 is 2.67 bits per heavy atom. The first-order valence-electron chi connectivity index (χ1n) is 5.37. The van der Waals surface area contributed by atoms with Gasteiger partial charge < -0.3 is 4.57 Å². The molecule has 0 saturated carbocycles. The molecular weight excluding hydrogens is 269 g/mol. The van der Waals surface area contributed by atoms with Crippen LogP contribution in [0.25, 0.3) is 22.4 Å². The predicted octanol–water partition coefficient (Wildman–Crippen LogP) is 3.46. The summed E-state index contributed by atoms with van der Waals surface area (Å²) in [6, 6.07) is 9.32. The van der Waals surface area contributed by atoms with Gasteiger partial charge in [-0.3, -0.25) is 5.41 Å². The van der Waals surface area contributed by atoms with E-state index in [9.17, 15) is 0 Å². The highest BCUT2D eigenvalue weighted by Gasteiger charge is 2.17. The fourth-order valence-corrected chi connectivity index (χ4v) is 2.69. The minimum Gasteiger partial charge on any atom is -0.340 e. The van der Waals surface area contributed by atoms with Crippen molar-refractivity contribution in [2.24, 2.45) is 7.05 Å². The highest BCUT2D eigenvalue weighted by molar-refractivity contribution is 6.36. The third-order valence-electron chi connectivity index (χ3n) is 2.99. The number of para-hydroxylation sites is 2. The number of rotatable bonds is 0. The fourth-order valence-electron chi connectivity index (χ4n) is 2.11. The van der Waals surface area contributed by atoms with Gasteiger partial charge in [0.2, 0.25) is 0 Å². The molecule has 2 aliphatic rings. The van der Waals surface area contributed by atoms with E-state index in [0.717, 1.165) is 16.7 Å². The number of fused-ring (bicyclic) bond motifs is 2. The third kappa shape index (κ3) is 1.51. The average molecular weight is 278 g/mol. The van der Waals surface area contributed by atoms with Gasteiger partial charge in [0.1, 0.15) is 11.1 Å². The van der Waals surface area contributed by atoms with Crippen molar-refractivity contribution in [1.29, 1.82) is 5.41 Å². The van der Waals surface area contributed by atoms with E-state index in [1.165, 1.54) is 0 Å². The molecule has 3 nitrogen and oxygen atoms in total. The number of aryl methyl sites for hydroxylation is 1. The Labute approximate surface area is 113 Å². The first kappa shape index (κ1) is 11.5. The van der Waals surface area contributed by atoms with Crippen molar-refractivity contribution in [3.05, 3.63) is 45.7 Å². The summed E-state index contributed by atoms with van der Waals surface area (Å²) in [5.74, 6) is 0. The maximum atomic E-state index is 7.99. The zero-order chi connectivity index (χ0) is 12.9. The molecule has 0 atom stereocenters. The van der Waals surface area contributed by atoms with E-state index in [1.807, 2.05) is 35.9 Å². The normalized spacial score (nSPS) is 11.3. The number of benzene rings is 2. The number of hydrogen-bond acceptors (Lipinski definition) is 2. The predicted molar refractivity (Wildman–Crippen MR) is 73.2 cm³/mol. The summed E-state index contributed by atoms with van der Waals surface area (Å²) in [4.78, 5) is 4.48. The third-order valence-corrected chi connectivity index (χ3v) is 3.58. The van der Waals surface area contributed by atoms with Gasteiger partial charge in [-0.1, -0.05) is 35.3 Å². The second kappa shape index (κ2) is 3.97. The topological polar surface area (TPSA) is 41.7 Å². The van der Waals surface area contributed by atoms with Crippen LogP contribution in [-0.4, -0.2) is 9.55 Å². The Morgan fingerprint density at radius 2 is 1.89 bits per heavy atom. The summed E-state index contributed by atoms with van der Waals surface area (Å²) in [6.07, 6.45) is 0. The lowest BCUT2D eigenvalue weighted by Gasteiger charge is -2.16. The summed E-state index contributed by atoms with van der Waals surface area (Å²) in [5.41, 5.74) is 3.03. The molecule has 1 N–H and O–H groups in total. The van der Waals surface area contributed by atoms with E-state index in [2.05, 4.69) is 4.98 Å². The van der Waals surface area contributed by atoms with Crippen LogP contribution in [0, 0.1) is 5.41 Å². The molecule has 1 heterocycles. The van der Waals surface area contributed by atoms with Crippen LogP contribution in [0.4, 0.5) is 0 Å². The summed E-state index contributed by atoms with van der Waals surface area (Å²) in [5, 5.41) is 9.02. The highest BCUT2D eigenvalue weighted by atomic mass is 35.5. The summed E-state index contributed by atoms with van der Waals surface area (Å²) >= 11 is 12.2. The van der Waals surface area contributed by atoms with Gasteiger partial charge in [0.15, 0.2) is 0 Å². The number of hydrogen-bond donors (Lipinski definition) is 1. The second-order valence-corrected chi connectivity index (χ2v) is 4.89. The van der Waals surface area contributed by atoms with Crippen LogP contribution in [0.3, 0.4) is 0 Å². The quantitative estimate of drug-likeness (QED) is 0.628. The fraction of sp³-hybridized carbons (Fsp3) is 0.0769. The molecule has 0 aromatic heterocycles. The minimum absolute atomic E-state index is 0.206. The van der Waals surface area contributed by atoms with Gasteiger partial charge in [-0.05, 0) is 18.2 Å². The lowest BCUT2D eigenvalue weighted by atomic mass is 10.1. The van der Waals surface area contributed by atoms with Crippen LogP contribution in [-0.2, 0) is 7.05 Å². The standard InChI is InChI=1S/C13H9Cl2N3/c1-18-10-5-3-2-4-9(10)17-12-11(16)7(14)6-8(15)13(12)18/h2-6,16H,1H3. The Kier molecular flexibility index (Phi) is 2.54. The van der Waals surface area contributed by atoms with Crippen LogP contribution in [0.1, 0.15) is 0 Å². The van der Waals surface area contributed by atoms with E-state index in [1.54, 1.807) is 6.07 Å². The smallest absolute Gasteiger partial charge is 0.115 e. The number of halogens is 2. The van der Waals surface area contributed by atoms with Crippen molar-refractivity contribution in [3.8, 4) is 11.4 Å². The lowest BCUT2D eigenvalue weighted by molar-refractivity contribution is 0.940. The molecule has 0 fully saturated rings. The van der Waals surface area contributed by atoms with Crippen molar-refractivity contribution >= 4 is 34.2 Å². The van der Waals surface area contributed by atoms with E-state index in [4.69, 9.17) is 28.6 Å². The number of nitrogens with zero attached hydrogens (tertiary/aromatic N) is 2. The van der Waals surface area contributed by atoms with Gasteiger partial charge in [-0.2, -0.15) is 0 Å². The molecule has 3 rings (SSSR count). The van der Waals surface area contributed by atoms with Gasteiger partial charge in [0.25, 0.3) is 0 Å². The summed E-state index contributed by atoms with van der Waals surface area (Å²) in [7, 11) is 1.91. The summed E-state index contributed by atoms with van der Waals surface area (Å²) in [6.45, 7) is 0. The van der Waals surface area contributed by atoms with Crippen molar-refractivity contribution in [1.82, 2.24) is 9.55 Å². The molecule has 1 aromatic carbocycles. The van der Waals surface area contributed by atoms with Gasteiger partial charge in [-0.25, -0.2) is 4.98 Å². The molecule has 1 aliphatic heterocycles. The highest BCUT2D eigenvalue weighted by Crippen LogP contribution is 2.30. The average Bonchev–Trinajstić information content (AvgIpc) is 2.36.